The zero-order chi connectivity index (χ0) is 19.8. The number of aliphatic carboxylic acids is 1. The number of likely N-dealkylation sites (tertiary alicyclic amines) is 1. The van der Waals surface area contributed by atoms with E-state index < -0.39 is 5.97 Å². The minimum Gasteiger partial charge on any atom is -0.481 e. The quantitative estimate of drug-likeness (QED) is 0.861. The first kappa shape index (κ1) is 18.7. The van der Waals surface area contributed by atoms with E-state index in [1.807, 2.05) is 47.7 Å². The monoisotopic (exact) mass is 381 g/mol. The first-order valence-corrected chi connectivity index (χ1v) is 10.1. The number of rotatable bonds is 5. The van der Waals surface area contributed by atoms with E-state index in [0.29, 0.717) is 18.3 Å². The fraction of sp³-hybridized carbons (Fsp3) is 0.500. The van der Waals surface area contributed by atoms with E-state index in [0.717, 1.165) is 41.3 Å². The van der Waals surface area contributed by atoms with Gasteiger partial charge < -0.3 is 10.0 Å². The van der Waals surface area contributed by atoms with Crippen LogP contribution in [0.4, 0.5) is 0 Å². The van der Waals surface area contributed by atoms with Crippen LogP contribution < -0.4 is 0 Å². The molecule has 0 spiro atoms. The second-order valence-electron chi connectivity index (χ2n) is 8.16. The van der Waals surface area contributed by atoms with Gasteiger partial charge in [-0.1, -0.05) is 6.42 Å². The van der Waals surface area contributed by atoms with E-state index >= 15 is 0 Å². The summed E-state index contributed by atoms with van der Waals surface area (Å²) >= 11 is 0. The highest BCUT2D eigenvalue weighted by atomic mass is 16.4. The van der Waals surface area contributed by atoms with E-state index in [-0.39, 0.29) is 12.3 Å². The molecule has 0 radical (unpaired) electrons. The summed E-state index contributed by atoms with van der Waals surface area (Å²) in [5.41, 5.74) is 4.38. The average Bonchev–Trinajstić information content (AvgIpc) is 3.34. The lowest BCUT2D eigenvalue weighted by Gasteiger charge is -2.17. The number of carbonyl (C=O) groups excluding carboxylic acids is 1. The molecule has 148 valence electrons. The first-order valence-electron chi connectivity index (χ1n) is 10.1. The van der Waals surface area contributed by atoms with Crippen molar-refractivity contribution in [3.05, 3.63) is 46.8 Å². The van der Waals surface area contributed by atoms with Crippen LogP contribution in [-0.4, -0.2) is 44.8 Å². The van der Waals surface area contributed by atoms with Crippen LogP contribution in [0.5, 0.6) is 0 Å². The molecule has 28 heavy (non-hydrogen) atoms. The van der Waals surface area contributed by atoms with Gasteiger partial charge in [0.05, 0.1) is 11.4 Å². The minimum absolute atomic E-state index is 0.0959. The molecule has 2 aliphatic rings. The Bertz CT molecular complexity index is 888. The third-order valence-corrected chi connectivity index (χ3v) is 6.40. The molecule has 0 unspecified atom stereocenters. The van der Waals surface area contributed by atoms with Crippen LogP contribution in [0.1, 0.15) is 53.0 Å². The van der Waals surface area contributed by atoms with Gasteiger partial charge in [0, 0.05) is 30.8 Å². The zero-order valence-corrected chi connectivity index (χ0v) is 16.5. The Morgan fingerprint density at radius 1 is 1.11 bits per heavy atom. The summed E-state index contributed by atoms with van der Waals surface area (Å²) in [6, 6.07) is 7.59. The lowest BCUT2D eigenvalue weighted by Crippen LogP contribution is -2.29. The molecule has 1 N–H and O–H groups in total. The highest BCUT2D eigenvalue weighted by Gasteiger charge is 2.38. The van der Waals surface area contributed by atoms with Gasteiger partial charge in [0.25, 0.3) is 5.91 Å². The maximum atomic E-state index is 12.8. The number of benzene rings is 1. The molecular weight excluding hydrogens is 354 g/mol. The summed E-state index contributed by atoms with van der Waals surface area (Å²) < 4.78 is 1.83. The van der Waals surface area contributed by atoms with Crippen LogP contribution in [0, 0.1) is 25.7 Å². The highest BCUT2D eigenvalue weighted by molar-refractivity contribution is 5.94. The maximum Gasteiger partial charge on any atom is 0.303 e. The van der Waals surface area contributed by atoms with Crippen molar-refractivity contribution >= 4 is 11.9 Å². The zero-order valence-electron chi connectivity index (χ0n) is 16.5. The summed E-state index contributed by atoms with van der Waals surface area (Å²) in [6.07, 6.45) is 4.40. The Morgan fingerprint density at radius 2 is 1.75 bits per heavy atom. The van der Waals surface area contributed by atoms with E-state index in [9.17, 15) is 9.59 Å². The molecular formula is C22H27N3O3. The van der Waals surface area contributed by atoms with E-state index in [2.05, 4.69) is 5.10 Å². The fourth-order valence-electron chi connectivity index (χ4n) is 4.85. The maximum absolute atomic E-state index is 12.8. The molecule has 1 aromatic carbocycles. The highest BCUT2D eigenvalue weighted by Crippen LogP contribution is 2.38. The number of fused-ring (bicyclic) bond motifs is 1. The van der Waals surface area contributed by atoms with E-state index in [1.54, 1.807) is 0 Å². The molecule has 1 amide bonds. The van der Waals surface area contributed by atoms with Crippen molar-refractivity contribution in [2.45, 2.75) is 46.0 Å². The second kappa shape index (κ2) is 7.41. The fourth-order valence-corrected chi connectivity index (χ4v) is 4.85. The molecule has 2 heterocycles. The van der Waals surface area contributed by atoms with Crippen molar-refractivity contribution in [3.8, 4) is 5.69 Å². The molecule has 1 aromatic heterocycles. The van der Waals surface area contributed by atoms with E-state index in [4.69, 9.17) is 5.11 Å². The standard InChI is InChI=1S/C22H27N3O3/c1-14-20(10-11-21(26)27)15(2)25(23-14)19-8-6-16(7-9-19)22(28)24-12-17-4-3-5-18(17)13-24/h6-9,17-18H,3-5,10-13H2,1-2H3,(H,26,27)/t17-,18-/m0/s1. The van der Waals surface area contributed by atoms with Crippen LogP contribution in [0.25, 0.3) is 5.69 Å². The average molecular weight is 381 g/mol. The van der Waals surface area contributed by atoms with Crippen LogP contribution >= 0.6 is 0 Å². The Labute approximate surface area is 165 Å². The number of nitrogens with zero attached hydrogens (tertiary/aromatic N) is 3. The van der Waals surface area contributed by atoms with Gasteiger partial charge in [-0.3, -0.25) is 9.59 Å². The largest absolute Gasteiger partial charge is 0.481 e. The van der Waals surface area contributed by atoms with E-state index in [1.165, 1.54) is 19.3 Å². The van der Waals surface area contributed by atoms with Crippen molar-refractivity contribution in [2.24, 2.45) is 11.8 Å². The molecule has 6 nitrogen and oxygen atoms in total. The summed E-state index contributed by atoms with van der Waals surface area (Å²) in [7, 11) is 0. The van der Waals surface area contributed by atoms with Crippen molar-refractivity contribution < 1.29 is 14.7 Å². The van der Waals surface area contributed by atoms with Crippen LogP contribution in [0.3, 0.4) is 0 Å². The van der Waals surface area contributed by atoms with Crippen LogP contribution in [0.15, 0.2) is 24.3 Å². The molecule has 1 saturated carbocycles. The topological polar surface area (TPSA) is 75.4 Å². The molecule has 2 atom stereocenters. The smallest absolute Gasteiger partial charge is 0.303 e. The summed E-state index contributed by atoms with van der Waals surface area (Å²) in [5, 5.41) is 13.5. The molecule has 1 aliphatic carbocycles. The predicted octanol–water partition coefficient (Wildman–Crippen LogP) is 3.38. The Balaban J connectivity index is 1.50. The van der Waals surface area contributed by atoms with Gasteiger partial charge in [-0.05, 0) is 74.8 Å². The summed E-state index contributed by atoms with van der Waals surface area (Å²) in [6.45, 7) is 5.66. The molecule has 4 rings (SSSR count). The number of aromatic nitrogens is 2. The number of carbonyl (C=O) groups is 2. The second-order valence-corrected chi connectivity index (χ2v) is 8.16. The van der Waals surface area contributed by atoms with Gasteiger partial charge in [-0.2, -0.15) is 5.10 Å². The van der Waals surface area contributed by atoms with Gasteiger partial charge in [-0.25, -0.2) is 4.68 Å². The normalized spacial score (nSPS) is 21.1. The van der Waals surface area contributed by atoms with Crippen molar-refractivity contribution in [1.82, 2.24) is 14.7 Å². The van der Waals surface area contributed by atoms with Gasteiger partial charge in [0.2, 0.25) is 0 Å². The molecule has 1 saturated heterocycles. The lowest BCUT2D eigenvalue weighted by molar-refractivity contribution is -0.136. The minimum atomic E-state index is -0.805. The molecule has 6 heteroatoms. The Kier molecular flexibility index (Phi) is 4.96. The molecule has 2 fully saturated rings. The van der Waals surface area contributed by atoms with Crippen molar-refractivity contribution in [3.63, 3.8) is 0 Å². The summed E-state index contributed by atoms with van der Waals surface area (Å²) in [5.74, 6) is 0.709. The number of hydrogen-bond acceptors (Lipinski definition) is 3. The SMILES string of the molecule is Cc1nn(-c2ccc(C(=O)N3C[C@@H]4CCC[C@H]4C3)cc2)c(C)c1CCC(=O)O. The van der Waals surface area contributed by atoms with Crippen molar-refractivity contribution in [2.75, 3.05) is 13.1 Å². The number of aryl methyl sites for hydroxylation is 1. The Morgan fingerprint density at radius 3 is 2.36 bits per heavy atom. The molecule has 2 aromatic rings. The number of hydrogen-bond donors (Lipinski definition) is 1. The number of carboxylic acid groups (broad SMARTS) is 1. The van der Waals surface area contributed by atoms with Crippen LogP contribution in [-0.2, 0) is 11.2 Å². The van der Waals surface area contributed by atoms with Gasteiger partial charge in [0.1, 0.15) is 0 Å². The van der Waals surface area contributed by atoms with Gasteiger partial charge in [-0.15, -0.1) is 0 Å². The van der Waals surface area contributed by atoms with Crippen molar-refractivity contribution in [1.29, 1.82) is 0 Å². The number of carboxylic acids is 1. The summed E-state index contributed by atoms with van der Waals surface area (Å²) in [4.78, 5) is 25.7. The lowest BCUT2D eigenvalue weighted by atomic mass is 10.0. The third-order valence-electron chi connectivity index (χ3n) is 6.40. The molecule has 0 bridgehead atoms. The Hall–Kier alpha value is -2.63. The third kappa shape index (κ3) is 3.43. The van der Waals surface area contributed by atoms with Crippen LogP contribution in [0.2, 0.25) is 0 Å². The first-order chi connectivity index (χ1) is 13.4. The predicted molar refractivity (Wildman–Crippen MR) is 106 cm³/mol. The number of amides is 1. The van der Waals surface area contributed by atoms with Gasteiger partial charge >= 0.3 is 5.97 Å². The van der Waals surface area contributed by atoms with Gasteiger partial charge in [0.15, 0.2) is 0 Å². The molecule has 1 aliphatic heterocycles.